The normalized spacial score (nSPS) is 9.55. The fourth-order valence-corrected chi connectivity index (χ4v) is 0.858. The van der Waals surface area contributed by atoms with Gasteiger partial charge in [0.05, 0.1) is 6.20 Å². The van der Waals surface area contributed by atoms with E-state index in [9.17, 15) is 4.79 Å². The van der Waals surface area contributed by atoms with Crippen LogP contribution in [0.5, 0.6) is 5.75 Å². The Bertz CT molecular complexity index is 271. The Morgan fingerprint density at radius 1 is 1.64 bits per heavy atom. The van der Waals surface area contributed by atoms with Gasteiger partial charge in [0.2, 0.25) is 0 Å². The Balaban J connectivity index is 2.79. The monoisotopic (exact) mass is 151 g/mol. The van der Waals surface area contributed by atoms with Gasteiger partial charge in [-0.3, -0.25) is 9.78 Å². The second-order valence-corrected chi connectivity index (χ2v) is 2.43. The van der Waals surface area contributed by atoms with Crippen LogP contribution in [0.15, 0.2) is 18.5 Å². The van der Waals surface area contributed by atoms with Crippen LogP contribution in [0.1, 0.15) is 12.5 Å². The van der Waals surface area contributed by atoms with E-state index in [-0.39, 0.29) is 11.5 Å². The highest BCUT2D eigenvalue weighted by molar-refractivity contribution is 5.78. The Kier molecular flexibility index (Phi) is 2.21. The Hall–Kier alpha value is -1.38. The van der Waals surface area contributed by atoms with Crippen molar-refractivity contribution in [2.24, 2.45) is 0 Å². The van der Waals surface area contributed by atoms with E-state index in [1.165, 1.54) is 19.2 Å². The minimum atomic E-state index is 0.0670. The van der Waals surface area contributed by atoms with Crippen LogP contribution in [-0.4, -0.2) is 15.9 Å². The summed E-state index contributed by atoms with van der Waals surface area (Å²) in [4.78, 5) is 14.4. The average Bonchev–Trinajstić information content (AvgIpc) is 1.85. The number of pyridine rings is 1. The predicted molar refractivity (Wildman–Crippen MR) is 40.3 cm³/mol. The summed E-state index contributed by atoms with van der Waals surface area (Å²) in [6.07, 6.45) is 3.24. The van der Waals surface area contributed by atoms with Crippen LogP contribution in [0.4, 0.5) is 0 Å². The number of Topliss-reactive ketones (excluding diaryl/α,β-unsaturated/α-hetero) is 1. The number of carbonyl (C=O) groups excluding carboxylic acids is 1. The van der Waals surface area contributed by atoms with E-state index >= 15 is 0 Å². The molecule has 3 nitrogen and oxygen atoms in total. The lowest BCUT2D eigenvalue weighted by molar-refractivity contribution is -0.116. The molecule has 1 rings (SSSR count). The van der Waals surface area contributed by atoms with Crippen molar-refractivity contribution in [3.05, 3.63) is 24.0 Å². The van der Waals surface area contributed by atoms with Crippen molar-refractivity contribution < 1.29 is 9.90 Å². The first-order valence-corrected chi connectivity index (χ1v) is 3.31. The van der Waals surface area contributed by atoms with Crippen LogP contribution >= 0.6 is 0 Å². The van der Waals surface area contributed by atoms with Gasteiger partial charge in [-0.15, -0.1) is 0 Å². The van der Waals surface area contributed by atoms with Gasteiger partial charge in [0, 0.05) is 12.6 Å². The lowest BCUT2D eigenvalue weighted by Gasteiger charge is -1.96. The number of carbonyl (C=O) groups is 1. The number of nitrogens with zero attached hydrogens (tertiary/aromatic N) is 1. The van der Waals surface area contributed by atoms with E-state index in [1.54, 1.807) is 6.20 Å². The summed E-state index contributed by atoms with van der Waals surface area (Å²) < 4.78 is 0. The molecule has 1 aromatic rings. The zero-order chi connectivity index (χ0) is 8.27. The third-order valence-corrected chi connectivity index (χ3v) is 1.23. The largest absolute Gasteiger partial charge is 0.506 e. The molecular weight excluding hydrogens is 142 g/mol. The van der Waals surface area contributed by atoms with E-state index < -0.39 is 0 Å². The zero-order valence-corrected chi connectivity index (χ0v) is 6.24. The molecule has 1 N–H and O–H groups in total. The molecule has 1 aromatic heterocycles. The van der Waals surface area contributed by atoms with E-state index in [0.29, 0.717) is 6.42 Å². The van der Waals surface area contributed by atoms with E-state index in [1.807, 2.05) is 0 Å². The van der Waals surface area contributed by atoms with Gasteiger partial charge in [0.1, 0.15) is 11.5 Å². The number of hydrogen-bond acceptors (Lipinski definition) is 3. The first kappa shape index (κ1) is 7.72. The molecule has 0 amide bonds. The van der Waals surface area contributed by atoms with Crippen molar-refractivity contribution in [3.8, 4) is 5.75 Å². The molecule has 58 valence electrons. The van der Waals surface area contributed by atoms with Crippen LogP contribution in [0.25, 0.3) is 0 Å². The fourth-order valence-electron chi connectivity index (χ4n) is 0.858. The van der Waals surface area contributed by atoms with Gasteiger partial charge in [-0.2, -0.15) is 0 Å². The highest BCUT2D eigenvalue weighted by Gasteiger charge is 1.97. The molecule has 1 heterocycles. The summed E-state index contributed by atoms with van der Waals surface area (Å²) in [5.41, 5.74) is 0.748. The topological polar surface area (TPSA) is 50.2 Å². The molecule has 11 heavy (non-hydrogen) atoms. The molecule has 0 unspecified atom stereocenters. The van der Waals surface area contributed by atoms with Gasteiger partial charge < -0.3 is 5.11 Å². The molecule has 0 aliphatic rings. The van der Waals surface area contributed by atoms with Crippen LogP contribution in [0.3, 0.4) is 0 Å². The minimum Gasteiger partial charge on any atom is -0.506 e. The maximum atomic E-state index is 10.6. The molecule has 0 aromatic carbocycles. The lowest BCUT2D eigenvalue weighted by Crippen LogP contribution is -1.95. The van der Waals surface area contributed by atoms with Gasteiger partial charge in [-0.05, 0) is 18.6 Å². The first-order chi connectivity index (χ1) is 5.18. The molecule has 0 saturated carbocycles. The number of rotatable bonds is 2. The molecule has 0 fully saturated rings. The third kappa shape index (κ3) is 2.37. The van der Waals surface area contributed by atoms with Crippen molar-refractivity contribution >= 4 is 5.78 Å². The highest BCUT2D eigenvalue weighted by Crippen LogP contribution is 2.08. The molecule has 3 heteroatoms. The second-order valence-electron chi connectivity index (χ2n) is 2.43. The maximum absolute atomic E-state index is 10.6. The Morgan fingerprint density at radius 3 is 2.91 bits per heavy atom. The van der Waals surface area contributed by atoms with Crippen LogP contribution in [0, 0.1) is 0 Å². The summed E-state index contributed by atoms with van der Waals surface area (Å²) in [5, 5.41) is 8.95. The van der Waals surface area contributed by atoms with Crippen molar-refractivity contribution in [2.45, 2.75) is 13.3 Å². The molecular formula is C8H9NO2. The summed E-state index contributed by atoms with van der Waals surface area (Å²) >= 11 is 0. The smallest absolute Gasteiger partial charge is 0.134 e. The van der Waals surface area contributed by atoms with E-state index in [0.717, 1.165) is 5.56 Å². The summed E-state index contributed by atoms with van der Waals surface area (Å²) in [5.74, 6) is 0.168. The standard InChI is InChI=1S/C8H9NO2/c1-6(10)2-7-3-8(11)5-9-4-7/h3-5,11H,2H2,1H3. The third-order valence-electron chi connectivity index (χ3n) is 1.23. The van der Waals surface area contributed by atoms with Crippen molar-refractivity contribution in [3.63, 3.8) is 0 Å². The lowest BCUT2D eigenvalue weighted by atomic mass is 10.1. The van der Waals surface area contributed by atoms with Gasteiger partial charge in [0.15, 0.2) is 0 Å². The molecule has 0 spiro atoms. The summed E-state index contributed by atoms with van der Waals surface area (Å²) in [7, 11) is 0. The maximum Gasteiger partial charge on any atom is 0.134 e. The Morgan fingerprint density at radius 2 is 2.36 bits per heavy atom. The van der Waals surface area contributed by atoms with Crippen LogP contribution in [0.2, 0.25) is 0 Å². The van der Waals surface area contributed by atoms with Gasteiger partial charge >= 0.3 is 0 Å². The quantitative estimate of drug-likeness (QED) is 0.683. The SMILES string of the molecule is CC(=O)Cc1cncc(O)c1. The van der Waals surface area contributed by atoms with Crippen molar-refractivity contribution in [2.75, 3.05) is 0 Å². The van der Waals surface area contributed by atoms with E-state index in [4.69, 9.17) is 5.11 Å². The minimum absolute atomic E-state index is 0.0670. The van der Waals surface area contributed by atoms with Crippen LogP contribution < -0.4 is 0 Å². The summed E-state index contributed by atoms with van der Waals surface area (Å²) in [6.45, 7) is 1.50. The zero-order valence-electron chi connectivity index (χ0n) is 6.24. The number of aromatic nitrogens is 1. The van der Waals surface area contributed by atoms with Crippen LogP contribution in [-0.2, 0) is 11.2 Å². The molecule has 0 atom stereocenters. The fraction of sp³-hybridized carbons (Fsp3) is 0.250. The van der Waals surface area contributed by atoms with Crippen molar-refractivity contribution in [1.29, 1.82) is 0 Å². The van der Waals surface area contributed by atoms with Gasteiger partial charge in [0.25, 0.3) is 0 Å². The highest BCUT2D eigenvalue weighted by atomic mass is 16.3. The molecule has 0 aliphatic carbocycles. The molecule has 0 bridgehead atoms. The molecule has 0 aliphatic heterocycles. The van der Waals surface area contributed by atoms with E-state index in [2.05, 4.69) is 4.98 Å². The second kappa shape index (κ2) is 3.14. The number of aromatic hydroxyl groups is 1. The molecule has 0 radical (unpaired) electrons. The van der Waals surface area contributed by atoms with Gasteiger partial charge in [-0.1, -0.05) is 0 Å². The van der Waals surface area contributed by atoms with Crippen molar-refractivity contribution in [1.82, 2.24) is 4.98 Å². The summed E-state index contributed by atoms with van der Waals surface area (Å²) in [6, 6.07) is 1.54. The van der Waals surface area contributed by atoms with Gasteiger partial charge in [-0.25, -0.2) is 0 Å². The number of hydrogen-bond donors (Lipinski definition) is 1. The average molecular weight is 151 g/mol. The first-order valence-electron chi connectivity index (χ1n) is 3.31. The molecule has 0 saturated heterocycles. The number of ketones is 1. The Labute approximate surface area is 64.7 Å². The predicted octanol–water partition coefficient (Wildman–Crippen LogP) is 0.919.